The van der Waals surface area contributed by atoms with Crippen LogP contribution in [0.2, 0.25) is 0 Å². The number of anilines is 1. The highest BCUT2D eigenvalue weighted by Gasteiger charge is 2.22. The van der Waals surface area contributed by atoms with Crippen LogP contribution >= 0.6 is 12.6 Å². The number of hydrogen-bond acceptors (Lipinski definition) is 3. The topological polar surface area (TPSA) is 23.6 Å². The van der Waals surface area contributed by atoms with E-state index in [4.69, 9.17) is 0 Å². The van der Waals surface area contributed by atoms with Crippen molar-refractivity contribution in [3.8, 4) is 0 Å². The standard InChI is InChI=1S/C18H20N2OS/c1-14-6-8-15(9-7-14)18(21)20-12-10-19(11-13-20)16-4-2-3-5-17(16)22/h2-9,22H,10-13H2,1H3. The zero-order valence-electron chi connectivity index (χ0n) is 12.7. The summed E-state index contributed by atoms with van der Waals surface area (Å²) in [7, 11) is 0. The summed E-state index contributed by atoms with van der Waals surface area (Å²) in [5, 5.41) is 0. The molecule has 0 aromatic heterocycles. The Morgan fingerprint density at radius 3 is 2.23 bits per heavy atom. The molecule has 1 amide bonds. The van der Waals surface area contributed by atoms with Gasteiger partial charge in [-0.05, 0) is 31.2 Å². The number of aryl methyl sites for hydroxylation is 1. The summed E-state index contributed by atoms with van der Waals surface area (Å²) in [6.45, 7) is 5.20. The van der Waals surface area contributed by atoms with Gasteiger partial charge >= 0.3 is 0 Å². The molecule has 114 valence electrons. The predicted molar refractivity (Wildman–Crippen MR) is 93.0 cm³/mol. The Labute approximate surface area is 137 Å². The summed E-state index contributed by atoms with van der Waals surface area (Å²) in [6, 6.07) is 15.9. The molecule has 2 aromatic rings. The van der Waals surface area contributed by atoms with Gasteiger partial charge in [0, 0.05) is 36.6 Å². The van der Waals surface area contributed by atoms with Crippen molar-refractivity contribution in [2.45, 2.75) is 11.8 Å². The van der Waals surface area contributed by atoms with E-state index >= 15 is 0 Å². The van der Waals surface area contributed by atoms with Gasteiger partial charge in [-0.1, -0.05) is 29.8 Å². The molecule has 0 radical (unpaired) electrons. The van der Waals surface area contributed by atoms with Gasteiger partial charge in [0.05, 0.1) is 5.69 Å². The van der Waals surface area contributed by atoms with Gasteiger partial charge in [0.15, 0.2) is 0 Å². The molecular weight excluding hydrogens is 292 g/mol. The molecule has 1 heterocycles. The summed E-state index contributed by atoms with van der Waals surface area (Å²) in [4.78, 5) is 17.7. The van der Waals surface area contributed by atoms with E-state index in [1.54, 1.807) is 0 Å². The van der Waals surface area contributed by atoms with Crippen molar-refractivity contribution in [2.75, 3.05) is 31.1 Å². The molecule has 4 heteroatoms. The molecule has 0 unspecified atom stereocenters. The Hall–Kier alpha value is -1.94. The van der Waals surface area contributed by atoms with E-state index in [0.717, 1.165) is 42.3 Å². The van der Waals surface area contributed by atoms with E-state index in [1.165, 1.54) is 5.56 Å². The number of amides is 1. The SMILES string of the molecule is Cc1ccc(C(=O)N2CCN(c3ccccc3S)CC2)cc1. The fourth-order valence-electron chi connectivity index (χ4n) is 2.76. The summed E-state index contributed by atoms with van der Waals surface area (Å²) >= 11 is 4.52. The first-order valence-corrected chi connectivity index (χ1v) is 7.99. The Kier molecular flexibility index (Phi) is 4.39. The molecule has 1 aliphatic heterocycles. The molecular formula is C18H20N2OS. The first kappa shape index (κ1) is 15.0. The number of nitrogens with zero attached hydrogens (tertiary/aromatic N) is 2. The van der Waals surface area contributed by atoms with Crippen molar-refractivity contribution < 1.29 is 4.79 Å². The summed E-state index contributed by atoms with van der Waals surface area (Å²) < 4.78 is 0. The molecule has 1 fully saturated rings. The minimum absolute atomic E-state index is 0.124. The highest BCUT2D eigenvalue weighted by atomic mass is 32.1. The Morgan fingerprint density at radius 2 is 1.59 bits per heavy atom. The van der Waals surface area contributed by atoms with Crippen LogP contribution in [0.3, 0.4) is 0 Å². The van der Waals surface area contributed by atoms with Crippen LogP contribution in [0.5, 0.6) is 0 Å². The average Bonchev–Trinajstić information content (AvgIpc) is 2.56. The number of carbonyl (C=O) groups is 1. The van der Waals surface area contributed by atoms with Crippen LogP contribution in [-0.2, 0) is 0 Å². The zero-order valence-corrected chi connectivity index (χ0v) is 13.6. The number of rotatable bonds is 2. The maximum absolute atomic E-state index is 12.5. The van der Waals surface area contributed by atoms with Gasteiger partial charge in [-0.2, -0.15) is 0 Å². The van der Waals surface area contributed by atoms with Gasteiger partial charge in [-0.25, -0.2) is 0 Å². The van der Waals surface area contributed by atoms with E-state index in [0.29, 0.717) is 0 Å². The molecule has 0 bridgehead atoms. The van der Waals surface area contributed by atoms with Crippen LogP contribution in [0.1, 0.15) is 15.9 Å². The van der Waals surface area contributed by atoms with Crippen molar-refractivity contribution >= 4 is 24.2 Å². The molecule has 2 aromatic carbocycles. The Balaban J connectivity index is 1.65. The molecule has 0 atom stereocenters. The van der Waals surface area contributed by atoms with Crippen molar-refractivity contribution in [1.82, 2.24) is 4.90 Å². The third-order valence-electron chi connectivity index (χ3n) is 4.09. The van der Waals surface area contributed by atoms with Gasteiger partial charge in [-0.15, -0.1) is 12.6 Å². The molecule has 1 aliphatic rings. The number of hydrogen-bond donors (Lipinski definition) is 1. The zero-order chi connectivity index (χ0) is 15.5. The second-order valence-corrected chi connectivity index (χ2v) is 6.12. The van der Waals surface area contributed by atoms with Gasteiger partial charge < -0.3 is 9.80 Å². The lowest BCUT2D eigenvalue weighted by molar-refractivity contribution is 0.0746. The molecule has 0 spiro atoms. The monoisotopic (exact) mass is 312 g/mol. The quantitative estimate of drug-likeness (QED) is 0.861. The number of benzene rings is 2. The average molecular weight is 312 g/mol. The van der Waals surface area contributed by atoms with Crippen LogP contribution in [0.4, 0.5) is 5.69 Å². The fourth-order valence-corrected chi connectivity index (χ4v) is 3.06. The number of piperazine rings is 1. The smallest absolute Gasteiger partial charge is 0.253 e. The van der Waals surface area contributed by atoms with E-state index in [2.05, 4.69) is 23.6 Å². The van der Waals surface area contributed by atoms with Crippen LogP contribution in [-0.4, -0.2) is 37.0 Å². The lowest BCUT2D eigenvalue weighted by Crippen LogP contribution is -2.48. The molecule has 0 N–H and O–H groups in total. The van der Waals surface area contributed by atoms with E-state index < -0.39 is 0 Å². The van der Waals surface area contributed by atoms with Crippen molar-refractivity contribution in [1.29, 1.82) is 0 Å². The van der Waals surface area contributed by atoms with E-state index in [9.17, 15) is 4.79 Å². The van der Waals surface area contributed by atoms with Crippen molar-refractivity contribution in [3.05, 3.63) is 59.7 Å². The lowest BCUT2D eigenvalue weighted by Gasteiger charge is -2.36. The molecule has 0 aliphatic carbocycles. The normalized spacial score (nSPS) is 15.0. The Morgan fingerprint density at radius 1 is 0.955 bits per heavy atom. The van der Waals surface area contributed by atoms with Gasteiger partial charge in [0.2, 0.25) is 0 Å². The van der Waals surface area contributed by atoms with Crippen molar-refractivity contribution in [2.24, 2.45) is 0 Å². The third kappa shape index (κ3) is 3.12. The maximum Gasteiger partial charge on any atom is 0.253 e. The minimum atomic E-state index is 0.124. The maximum atomic E-state index is 12.5. The van der Waals surface area contributed by atoms with Crippen LogP contribution in [0, 0.1) is 6.92 Å². The third-order valence-corrected chi connectivity index (χ3v) is 4.47. The van der Waals surface area contributed by atoms with Gasteiger partial charge in [-0.3, -0.25) is 4.79 Å². The summed E-state index contributed by atoms with van der Waals surface area (Å²) in [5.41, 5.74) is 3.09. The second-order valence-electron chi connectivity index (χ2n) is 5.63. The van der Waals surface area contributed by atoms with Crippen LogP contribution in [0.15, 0.2) is 53.4 Å². The summed E-state index contributed by atoms with van der Waals surface area (Å²) in [6.07, 6.45) is 0. The molecule has 22 heavy (non-hydrogen) atoms. The largest absolute Gasteiger partial charge is 0.367 e. The lowest BCUT2D eigenvalue weighted by atomic mass is 10.1. The Bertz CT molecular complexity index is 661. The first-order chi connectivity index (χ1) is 10.6. The van der Waals surface area contributed by atoms with E-state index in [-0.39, 0.29) is 5.91 Å². The molecule has 3 nitrogen and oxygen atoms in total. The van der Waals surface area contributed by atoms with Gasteiger partial charge in [0.25, 0.3) is 5.91 Å². The number of carbonyl (C=O) groups excluding carboxylic acids is 1. The minimum Gasteiger partial charge on any atom is -0.367 e. The molecule has 1 saturated heterocycles. The van der Waals surface area contributed by atoms with E-state index in [1.807, 2.05) is 54.3 Å². The highest BCUT2D eigenvalue weighted by Crippen LogP contribution is 2.24. The number of thiol groups is 1. The fraction of sp³-hybridized carbons (Fsp3) is 0.278. The first-order valence-electron chi connectivity index (χ1n) is 7.54. The highest BCUT2D eigenvalue weighted by molar-refractivity contribution is 7.80. The van der Waals surface area contributed by atoms with Crippen molar-refractivity contribution in [3.63, 3.8) is 0 Å². The summed E-state index contributed by atoms with van der Waals surface area (Å²) in [5.74, 6) is 0.124. The predicted octanol–water partition coefficient (Wildman–Crippen LogP) is 3.25. The van der Waals surface area contributed by atoms with Crippen LogP contribution in [0.25, 0.3) is 0 Å². The molecule has 0 saturated carbocycles. The van der Waals surface area contributed by atoms with Gasteiger partial charge in [0.1, 0.15) is 0 Å². The number of para-hydroxylation sites is 1. The van der Waals surface area contributed by atoms with Crippen LogP contribution < -0.4 is 4.90 Å². The molecule has 3 rings (SSSR count). The second kappa shape index (κ2) is 6.44.